The zero-order chi connectivity index (χ0) is 13.1. The first-order valence-corrected chi connectivity index (χ1v) is 5.61. The normalized spacial score (nSPS) is 10.1. The zero-order valence-corrected chi connectivity index (χ0v) is 10.3. The van der Waals surface area contributed by atoms with E-state index in [0.717, 1.165) is 0 Å². The van der Waals surface area contributed by atoms with Gasteiger partial charge in [0.25, 0.3) is 5.91 Å². The van der Waals surface area contributed by atoms with E-state index in [9.17, 15) is 9.59 Å². The molecule has 0 spiro atoms. The van der Waals surface area contributed by atoms with Crippen LogP contribution in [0.25, 0.3) is 0 Å². The minimum Gasteiger partial charge on any atom is -0.452 e. The predicted molar refractivity (Wildman–Crippen MR) is 68.1 cm³/mol. The topological polar surface area (TPSA) is 59.3 Å². The van der Waals surface area contributed by atoms with Crippen molar-refractivity contribution in [2.24, 2.45) is 0 Å². The number of carbonyl (C=O) groups is 2. The lowest BCUT2D eigenvalue weighted by Crippen LogP contribution is -2.13. The summed E-state index contributed by atoms with van der Waals surface area (Å²) in [5, 5.41) is 2.65. The molecule has 0 aliphatic heterocycles. The Bertz CT molecular complexity index is 604. The Morgan fingerprint density at radius 1 is 1.17 bits per heavy atom. The van der Waals surface area contributed by atoms with E-state index in [4.69, 9.17) is 16.0 Å². The number of Topliss-reactive ketones (excluding diaryl/α,β-unsaturated/α-hetero) is 1. The number of carbonyl (C=O) groups excluding carboxylic acids is 2. The van der Waals surface area contributed by atoms with E-state index in [1.54, 1.807) is 24.3 Å². The number of hydrogen-bond acceptors (Lipinski definition) is 3. The third kappa shape index (κ3) is 2.43. The van der Waals surface area contributed by atoms with Crippen molar-refractivity contribution in [3.63, 3.8) is 0 Å². The van der Waals surface area contributed by atoms with Gasteiger partial charge in [0.2, 0.25) is 5.22 Å². The number of nitrogens with one attached hydrogen (secondary N) is 1. The Kier molecular flexibility index (Phi) is 3.48. The predicted octanol–water partition coefficient (Wildman–Crippen LogP) is 3.39. The van der Waals surface area contributed by atoms with E-state index in [0.29, 0.717) is 11.3 Å². The van der Waals surface area contributed by atoms with Crippen LogP contribution in [0.15, 0.2) is 41.0 Å². The second kappa shape index (κ2) is 5.06. The molecule has 2 aromatic rings. The molecule has 0 aliphatic rings. The van der Waals surface area contributed by atoms with Crippen LogP contribution >= 0.6 is 11.6 Å². The Hall–Kier alpha value is -2.07. The molecular weight excluding hydrogens is 254 g/mol. The second-order valence-electron chi connectivity index (χ2n) is 3.66. The van der Waals surface area contributed by atoms with Crippen LogP contribution in [0.4, 0.5) is 5.69 Å². The Labute approximate surface area is 109 Å². The number of furan rings is 1. The molecule has 0 radical (unpaired) electrons. The van der Waals surface area contributed by atoms with Gasteiger partial charge in [-0.3, -0.25) is 9.59 Å². The minimum absolute atomic E-state index is 0.0211. The number of benzene rings is 1. The van der Waals surface area contributed by atoms with E-state index < -0.39 is 5.91 Å². The van der Waals surface area contributed by atoms with E-state index in [1.165, 1.54) is 19.3 Å². The summed E-state index contributed by atoms with van der Waals surface area (Å²) in [6.07, 6.45) is 1.33. The highest BCUT2D eigenvalue weighted by Crippen LogP contribution is 2.20. The van der Waals surface area contributed by atoms with E-state index >= 15 is 0 Å². The number of rotatable bonds is 3. The fourth-order valence-electron chi connectivity index (χ4n) is 1.54. The van der Waals surface area contributed by atoms with Gasteiger partial charge in [0.05, 0.1) is 17.5 Å². The maximum absolute atomic E-state index is 11.9. The SMILES string of the molecule is CC(=O)c1ccccc1NC(=O)c1ccoc1Cl. The average Bonchev–Trinajstić information content (AvgIpc) is 2.76. The van der Waals surface area contributed by atoms with Gasteiger partial charge in [0.15, 0.2) is 5.78 Å². The third-order valence-electron chi connectivity index (χ3n) is 2.42. The first-order chi connectivity index (χ1) is 8.59. The van der Waals surface area contributed by atoms with Crippen LogP contribution in [0.1, 0.15) is 27.6 Å². The Morgan fingerprint density at radius 3 is 2.50 bits per heavy atom. The van der Waals surface area contributed by atoms with Crippen LogP contribution in [0.2, 0.25) is 5.22 Å². The average molecular weight is 264 g/mol. The molecule has 2 rings (SSSR count). The maximum Gasteiger partial charge on any atom is 0.260 e. The van der Waals surface area contributed by atoms with Crippen molar-refractivity contribution >= 4 is 29.0 Å². The second-order valence-corrected chi connectivity index (χ2v) is 4.01. The molecule has 0 aliphatic carbocycles. The van der Waals surface area contributed by atoms with Crippen molar-refractivity contribution in [1.29, 1.82) is 0 Å². The molecule has 0 bridgehead atoms. The number of hydrogen-bond donors (Lipinski definition) is 1. The van der Waals surface area contributed by atoms with E-state index in [1.807, 2.05) is 0 Å². The highest BCUT2D eigenvalue weighted by molar-refractivity contribution is 6.32. The molecule has 1 aromatic heterocycles. The number of halogens is 1. The van der Waals surface area contributed by atoms with Gasteiger partial charge in [-0.1, -0.05) is 12.1 Å². The molecule has 0 fully saturated rings. The van der Waals surface area contributed by atoms with Gasteiger partial charge in [-0.15, -0.1) is 0 Å². The Morgan fingerprint density at radius 2 is 1.89 bits per heavy atom. The molecular formula is C13H10ClNO3. The van der Waals surface area contributed by atoms with Gasteiger partial charge in [-0.05, 0) is 36.7 Å². The summed E-state index contributed by atoms with van der Waals surface area (Å²) in [5.41, 5.74) is 1.13. The largest absolute Gasteiger partial charge is 0.452 e. The lowest BCUT2D eigenvalue weighted by atomic mass is 10.1. The molecule has 5 heteroatoms. The summed E-state index contributed by atoms with van der Waals surface area (Å²) in [5.74, 6) is -0.536. The third-order valence-corrected chi connectivity index (χ3v) is 2.71. The molecule has 0 unspecified atom stereocenters. The van der Waals surface area contributed by atoms with Gasteiger partial charge in [0.1, 0.15) is 0 Å². The molecule has 0 saturated carbocycles. The standard InChI is InChI=1S/C13H10ClNO3/c1-8(16)9-4-2-3-5-11(9)15-13(17)10-6-7-18-12(10)14/h2-7H,1H3,(H,15,17). The van der Waals surface area contributed by atoms with Gasteiger partial charge in [0, 0.05) is 5.56 Å². The number of ketones is 1. The van der Waals surface area contributed by atoms with Crippen LogP contribution in [0, 0.1) is 0 Å². The van der Waals surface area contributed by atoms with Crippen molar-refractivity contribution < 1.29 is 14.0 Å². The summed E-state index contributed by atoms with van der Waals surface area (Å²) in [4.78, 5) is 23.3. The molecule has 1 aromatic carbocycles. The van der Waals surface area contributed by atoms with Gasteiger partial charge in [-0.25, -0.2) is 0 Å². The van der Waals surface area contributed by atoms with Crippen LogP contribution in [-0.4, -0.2) is 11.7 Å². The lowest BCUT2D eigenvalue weighted by Gasteiger charge is -2.07. The van der Waals surface area contributed by atoms with Crippen LogP contribution < -0.4 is 5.32 Å². The van der Waals surface area contributed by atoms with Crippen molar-refractivity contribution in [3.8, 4) is 0 Å². The van der Waals surface area contributed by atoms with Crippen LogP contribution in [0.3, 0.4) is 0 Å². The maximum atomic E-state index is 11.9. The van der Waals surface area contributed by atoms with Crippen molar-refractivity contribution in [3.05, 3.63) is 52.9 Å². The van der Waals surface area contributed by atoms with Gasteiger partial charge < -0.3 is 9.73 Å². The van der Waals surface area contributed by atoms with Crippen LogP contribution in [0.5, 0.6) is 0 Å². The summed E-state index contributed by atoms with van der Waals surface area (Å²) in [6, 6.07) is 8.24. The molecule has 1 amide bonds. The van der Waals surface area contributed by atoms with Crippen molar-refractivity contribution in [2.75, 3.05) is 5.32 Å². The number of anilines is 1. The van der Waals surface area contributed by atoms with E-state index in [2.05, 4.69) is 5.32 Å². The van der Waals surface area contributed by atoms with E-state index in [-0.39, 0.29) is 16.6 Å². The highest BCUT2D eigenvalue weighted by Gasteiger charge is 2.15. The summed E-state index contributed by atoms with van der Waals surface area (Å²) in [6.45, 7) is 1.44. The summed E-state index contributed by atoms with van der Waals surface area (Å²) in [7, 11) is 0. The summed E-state index contributed by atoms with van der Waals surface area (Å²) < 4.78 is 4.84. The molecule has 18 heavy (non-hydrogen) atoms. The van der Waals surface area contributed by atoms with Crippen LogP contribution in [-0.2, 0) is 0 Å². The fraction of sp³-hybridized carbons (Fsp3) is 0.0769. The highest BCUT2D eigenvalue weighted by atomic mass is 35.5. The monoisotopic (exact) mass is 263 g/mol. The first-order valence-electron chi connectivity index (χ1n) is 5.24. The molecule has 0 atom stereocenters. The van der Waals surface area contributed by atoms with Gasteiger partial charge in [-0.2, -0.15) is 0 Å². The first kappa shape index (κ1) is 12.4. The molecule has 1 heterocycles. The Balaban J connectivity index is 2.28. The number of para-hydroxylation sites is 1. The molecule has 4 nitrogen and oxygen atoms in total. The molecule has 1 N–H and O–H groups in total. The quantitative estimate of drug-likeness (QED) is 0.864. The number of amides is 1. The fourth-order valence-corrected chi connectivity index (χ4v) is 1.74. The smallest absolute Gasteiger partial charge is 0.260 e. The van der Waals surface area contributed by atoms with Crippen molar-refractivity contribution in [1.82, 2.24) is 0 Å². The molecule has 92 valence electrons. The molecule has 0 saturated heterocycles. The minimum atomic E-state index is -0.414. The lowest BCUT2D eigenvalue weighted by molar-refractivity contribution is 0.101. The van der Waals surface area contributed by atoms with Crippen molar-refractivity contribution in [2.45, 2.75) is 6.92 Å². The summed E-state index contributed by atoms with van der Waals surface area (Å²) >= 11 is 5.71. The van der Waals surface area contributed by atoms with Gasteiger partial charge >= 0.3 is 0 Å². The zero-order valence-electron chi connectivity index (χ0n) is 9.57.